The molecule has 0 bridgehead atoms. The molecule has 0 aromatic carbocycles. The second-order valence-corrected chi connectivity index (χ2v) is 4.40. The van der Waals surface area contributed by atoms with Gasteiger partial charge >= 0.3 is 5.97 Å². The van der Waals surface area contributed by atoms with Gasteiger partial charge in [0, 0.05) is 0 Å². The lowest BCUT2D eigenvalue weighted by molar-refractivity contribution is -0.138. The van der Waals surface area contributed by atoms with Crippen molar-refractivity contribution in [2.45, 2.75) is 46.5 Å². The van der Waals surface area contributed by atoms with Crippen molar-refractivity contribution in [1.82, 2.24) is 0 Å². The molecule has 2 nitrogen and oxygen atoms in total. The van der Waals surface area contributed by atoms with Crippen molar-refractivity contribution in [3.8, 4) is 0 Å². The number of carbonyl (C=O) groups is 1. The molecule has 0 spiro atoms. The van der Waals surface area contributed by atoms with Crippen molar-refractivity contribution < 1.29 is 9.53 Å². The molecular weight excluding hydrogens is 200 g/mol. The number of hydrogen-bond acceptors (Lipinski definition) is 2. The maximum absolute atomic E-state index is 11.3. The van der Waals surface area contributed by atoms with Gasteiger partial charge in [-0.3, -0.25) is 0 Å². The predicted octanol–water partition coefficient (Wildman–Crippen LogP) is 3.88. The third-order valence-corrected chi connectivity index (χ3v) is 2.29. The molecule has 0 saturated heterocycles. The molecule has 0 rings (SSSR count). The molecule has 0 unspecified atom stereocenters. The van der Waals surface area contributed by atoms with Crippen LogP contribution in [0.25, 0.3) is 0 Å². The van der Waals surface area contributed by atoms with Crippen LogP contribution in [0.1, 0.15) is 46.5 Å². The van der Waals surface area contributed by atoms with E-state index in [4.69, 9.17) is 4.74 Å². The van der Waals surface area contributed by atoms with Crippen LogP contribution in [0.3, 0.4) is 0 Å². The Morgan fingerprint density at radius 3 is 2.56 bits per heavy atom. The lowest BCUT2D eigenvalue weighted by Gasteiger charge is -2.05. The molecule has 0 saturated carbocycles. The highest BCUT2D eigenvalue weighted by molar-refractivity contribution is 5.90. The first-order chi connectivity index (χ1) is 7.57. The summed E-state index contributed by atoms with van der Waals surface area (Å²) in [4.78, 5) is 11.3. The first kappa shape index (κ1) is 14.9. The molecule has 0 aromatic heterocycles. The lowest BCUT2D eigenvalue weighted by Crippen LogP contribution is -2.06. The minimum absolute atomic E-state index is 0.304. The van der Waals surface area contributed by atoms with E-state index in [1.165, 1.54) is 12.8 Å². The number of hydrogen-bond donors (Lipinski definition) is 0. The number of carbonyl (C=O) groups excluding carboxylic acids is 1. The zero-order valence-corrected chi connectivity index (χ0v) is 10.8. The van der Waals surface area contributed by atoms with Gasteiger partial charge < -0.3 is 4.74 Å². The monoisotopic (exact) mass is 224 g/mol. The minimum Gasteiger partial charge on any atom is -0.462 e. The molecule has 0 atom stereocenters. The van der Waals surface area contributed by atoms with Crippen molar-refractivity contribution in [2.24, 2.45) is 5.92 Å². The van der Waals surface area contributed by atoms with Crippen molar-refractivity contribution in [3.63, 3.8) is 0 Å². The van der Waals surface area contributed by atoms with E-state index in [-0.39, 0.29) is 5.97 Å². The molecule has 2 heteroatoms. The van der Waals surface area contributed by atoms with E-state index in [0.29, 0.717) is 12.2 Å². The Hall–Kier alpha value is -1.05. The maximum Gasteiger partial charge on any atom is 0.337 e. The van der Waals surface area contributed by atoms with Gasteiger partial charge in [0.15, 0.2) is 0 Å². The summed E-state index contributed by atoms with van der Waals surface area (Å²) in [5, 5.41) is 0. The van der Waals surface area contributed by atoms with Gasteiger partial charge in [-0.2, -0.15) is 0 Å². The van der Waals surface area contributed by atoms with E-state index in [9.17, 15) is 4.79 Å². The third kappa shape index (κ3) is 8.27. The van der Waals surface area contributed by atoms with E-state index in [1.54, 1.807) is 12.2 Å². The summed E-state index contributed by atoms with van der Waals surface area (Å²) in [5.41, 5.74) is 0.421. The fraction of sp³-hybridized carbons (Fsp3) is 0.643. The number of allylic oxidation sites excluding steroid dienone is 1. The molecule has 16 heavy (non-hydrogen) atoms. The Labute approximate surface area is 99.4 Å². The Bertz CT molecular complexity index is 239. The summed E-state index contributed by atoms with van der Waals surface area (Å²) in [6.07, 6.45) is 7.99. The molecule has 0 aliphatic rings. The van der Waals surface area contributed by atoms with Gasteiger partial charge in [0.25, 0.3) is 0 Å². The normalized spacial score (nSPS) is 11.0. The number of rotatable bonds is 8. The number of ether oxygens (including phenoxy) is 1. The first-order valence-corrected chi connectivity index (χ1v) is 6.06. The quantitative estimate of drug-likeness (QED) is 0.271. The molecule has 0 aliphatic heterocycles. The van der Waals surface area contributed by atoms with Crippen molar-refractivity contribution >= 4 is 5.97 Å². The highest BCUT2D eigenvalue weighted by Crippen LogP contribution is 2.08. The highest BCUT2D eigenvalue weighted by atomic mass is 16.5. The number of esters is 1. The predicted molar refractivity (Wildman–Crippen MR) is 68.2 cm³/mol. The summed E-state index contributed by atoms with van der Waals surface area (Å²) >= 11 is 0. The van der Waals surface area contributed by atoms with Crippen LogP contribution in [0.5, 0.6) is 0 Å². The topological polar surface area (TPSA) is 26.3 Å². The minimum atomic E-state index is -0.304. The molecule has 0 aliphatic carbocycles. The Morgan fingerprint density at radius 1 is 1.31 bits per heavy atom. The molecule has 92 valence electrons. The fourth-order valence-corrected chi connectivity index (χ4v) is 1.36. The molecule has 0 N–H and O–H groups in total. The van der Waals surface area contributed by atoms with Gasteiger partial charge in [0.2, 0.25) is 0 Å². The summed E-state index contributed by atoms with van der Waals surface area (Å²) in [7, 11) is 0. The lowest BCUT2D eigenvalue weighted by atomic mass is 10.1. The van der Waals surface area contributed by atoms with Crippen LogP contribution in [0.15, 0.2) is 24.3 Å². The zero-order valence-electron chi connectivity index (χ0n) is 10.8. The van der Waals surface area contributed by atoms with Crippen LogP contribution < -0.4 is 0 Å². The molecule has 0 amide bonds. The Balaban J connectivity index is 3.45. The fourth-order valence-electron chi connectivity index (χ4n) is 1.36. The molecule has 0 radical (unpaired) electrons. The zero-order chi connectivity index (χ0) is 12.4. The van der Waals surface area contributed by atoms with Crippen LogP contribution in [0.2, 0.25) is 0 Å². The summed E-state index contributed by atoms with van der Waals surface area (Å²) in [6, 6.07) is 0. The van der Waals surface area contributed by atoms with E-state index < -0.39 is 0 Å². The largest absolute Gasteiger partial charge is 0.462 e. The average Bonchev–Trinajstić information content (AvgIpc) is 2.22. The van der Waals surface area contributed by atoms with Gasteiger partial charge in [-0.15, -0.1) is 0 Å². The van der Waals surface area contributed by atoms with Gasteiger partial charge in [0.05, 0.1) is 12.2 Å². The standard InChI is InChI=1S/C14H24O2/c1-5-9-13(4)14(15)16-11-8-6-7-10-12(2)3/h5,9,12H,4,6-8,10-11H2,1-3H3. The van der Waals surface area contributed by atoms with E-state index in [1.807, 2.05) is 6.92 Å². The van der Waals surface area contributed by atoms with Crippen LogP contribution in [0, 0.1) is 5.92 Å². The Kier molecular flexibility index (Phi) is 8.59. The number of unbranched alkanes of at least 4 members (excludes halogenated alkanes) is 2. The summed E-state index contributed by atoms with van der Waals surface area (Å²) < 4.78 is 5.07. The molecule has 0 heterocycles. The van der Waals surface area contributed by atoms with Crippen LogP contribution in [-0.2, 0) is 9.53 Å². The van der Waals surface area contributed by atoms with Crippen molar-refractivity contribution in [3.05, 3.63) is 24.3 Å². The van der Waals surface area contributed by atoms with Gasteiger partial charge in [-0.1, -0.05) is 51.8 Å². The summed E-state index contributed by atoms with van der Waals surface area (Å²) in [6.45, 7) is 10.4. The maximum atomic E-state index is 11.3. The highest BCUT2D eigenvalue weighted by Gasteiger charge is 2.04. The average molecular weight is 224 g/mol. The van der Waals surface area contributed by atoms with Crippen LogP contribution in [-0.4, -0.2) is 12.6 Å². The summed E-state index contributed by atoms with van der Waals surface area (Å²) in [5.74, 6) is 0.457. The van der Waals surface area contributed by atoms with E-state index in [2.05, 4.69) is 20.4 Å². The molecule has 0 aromatic rings. The first-order valence-electron chi connectivity index (χ1n) is 6.06. The van der Waals surface area contributed by atoms with Crippen LogP contribution >= 0.6 is 0 Å². The van der Waals surface area contributed by atoms with Crippen LogP contribution in [0.4, 0.5) is 0 Å². The van der Waals surface area contributed by atoms with Gasteiger partial charge in [-0.05, 0) is 19.3 Å². The second kappa shape index (κ2) is 9.20. The second-order valence-electron chi connectivity index (χ2n) is 4.40. The van der Waals surface area contributed by atoms with Crippen molar-refractivity contribution in [2.75, 3.05) is 6.61 Å². The Morgan fingerprint density at radius 2 is 2.00 bits per heavy atom. The SMILES string of the molecule is C=C(C=CC)C(=O)OCCCCCC(C)C. The van der Waals surface area contributed by atoms with Crippen molar-refractivity contribution in [1.29, 1.82) is 0 Å². The van der Waals surface area contributed by atoms with Gasteiger partial charge in [-0.25, -0.2) is 4.79 Å². The third-order valence-electron chi connectivity index (χ3n) is 2.29. The molecular formula is C14H24O2. The van der Waals surface area contributed by atoms with Gasteiger partial charge in [0.1, 0.15) is 0 Å². The van der Waals surface area contributed by atoms with E-state index >= 15 is 0 Å². The van der Waals surface area contributed by atoms with E-state index in [0.717, 1.165) is 18.8 Å². The smallest absolute Gasteiger partial charge is 0.337 e. The molecule has 0 fully saturated rings.